The zero-order chi connectivity index (χ0) is 17.9. The van der Waals surface area contributed by atoms with Gasteiger partial charge in [-0.05, 0) is 30.4 Å². The minimum atomic E-state index is -0.810. The molecule has 5 nitrogen and oxygen atoms in total. The van der Waals surface area contributed by atoms with Crippen LogP contribution >= 0.6 is 0 Å². The number of carbonyl (C=O) groups is 2. The number of nitrogens with one attached hydrogen (secondary N) is 1. The van der Waals surface area contributed by atoms with Gasteiger partial charge in [-0.3, -0.25) is 4.79 Å². The third-order valence-corrected chi connectivity index (χ3v) is 3.89. The molecule has 0 heterocycles. The molecule has 1 atom stereocenters. The quantitative estimate of drug-likeness (QED) is 0.683. The molecular formula is C20H23NO4. The highest BCUT2D eigenvalue weighted by Crippen LogP contribution is 2.14. The molecule has 0 aliphatic rings. The minimum Gasteiger partial charge on any atom is -0.481 e. The molecule has 0 fully saturated rings. The van der Waals surface area contributed by atoms with Crippen LogP contribution in [0.3, 0.4) is 0 Å². The van der Waals surface area contributed by atoms with Crippen molar-refractivity contribution in [1.29, 1.82) is 0 Å². The average Bonchev–Trinajstić information content (AvgIpc) is 2.64. The van der Waals surface area contributed by atoms with Gasteiger partial charge >= 0.3 is 12.1 Å². The van der Waals surface area contributed by atoms with Crippen LogP contribution in [0.5, 0.6) is 0 Å². The summed E-state index contributed by atoms with van der Waals surface area (Å²) in [4.78, 5) is 23.0. The van der Waals surface area contributed by atoms with E-state index < -0.39 is 18.0 Å². The Morgan fingerprint density at radius 2 is 1.56 bits per heavy atom. The van der Waals surface area contributed by atoms with Crippen molar-refractivity contribution in [1.82, 2.24) is 5.32 Å². The molecule has 0 spiro atoms. The van der Waals surface area contributed by atoms with Crippen molar-refractivity contribution >= 4 is 12.1 Å². The number of hydrogen-bond acceptors (Lipinski definition) is 3. The normalized spacial score (nSPS) is 11.5. The molecule has 0 radical (unpaired) electrons. The monoisotopic (exact) mass is 341 g/mol. The summed E-state index contributed by atoms with van der Waals surface area (Å²) in [5, 5.41) is 12.0. The van der Waals surface area contributed by atoms with Gasteiger partial charge in [0.1, 0.15) is 6.61 Å². The molecule has 25 heavy (non-hydrogen) atoms. The number of benzene rings is 2. The topological polar surface area (TPSA) is 75.6 Å². The Morgan fingerprint density at radius 1 is 0.960 bits per heavy atom. The Bertz CT molecular complexity index is 658. The molecule has 1 amide bonds. The van der Waals surface area contributed by atoms with Gasteiger partial charge in [-0.1, -0.05) is 60.7 Å². The summed E-state index contributed by atoms with van der Waals surface area (Å²) >= 11 is 0. The second-order valence-corrected chi connectivity index (χ2v) is 5.86. The molecule has 2 aromatic rings. The van der Waals surface area contributed by atoms with Crippen molar-refractivity contribution in [3.63, 3.8) is 0 Å². The van der Waals surface area contributed by atoms with Gasteiger partial charge in [0, 0.05) is 6.54 Å². The Hall–Kier alpha value is -2.82. The maximum Gasteiger partial charge on any atom is 0.407 e. The number of ether oxygens (including phenoxy) is 1. The van der Waals surface area contributed by atoms with Crippen molar-refractivity contribution in [2.45, 2.75) is 25.9 Å². The van der Waals surface area contributed by atoms with E-state index in [1.54, 1.807) is 0 Å². The van der Waals surface area contributed by atoms with Crippen LogP contribution in [0.4, 0.5) is 4.79 Å². The SMILES string of the molecule is O=C(NCCCC(Cc1ccccc1)C(=O)O)OCc1ccccc1. The number of rotatable bonds is 9. The van der Waals surface area contributed by atoms with E-state index in [9.17, 15) is 14.7 Å². The second kappa shape index (κ2) is 10.1. The number of carbonyl (C=O) groups excluding carboxylic acids is 1. The first-order valence-corrected chi connectivity index (χ1v) is 8.36. The maximum absolute atomic E-state index is 11.6. The van der Waals surface area contributed by atoms with Crippen molar-refractivity contribution in [2.24, 2.45) is 5.92 Å². The lowest BCUT2D eigenvalue weighted by molar-refractivity contribution is -0.141. The number of carboxylic acid groups (broad SMARTS) is 1. The van der Waals surface area contributed by atoms with Crippen molar-refractivity contribution in [3.8, 4) is 0 Å². The molecule has 0 bridgehead atoms. The van der Waals surface area contributed by atoms with Crippen LogP contribution in [0.1, 0.15) is 24.0 Å². The fourth-order valence-electron chi connectivity index (χ4n) is 2.52. The molecule has 5 heteroatoms. The van der Waals surface area contributed by atoms with Crippen LogP contribution in [0.2, 0.25) is 0 Å². The van der Waals surface area contributed by atoms with E-state index in [1.807, 2.05) is 60.7 Å². The third kappa shape index (κ3) is 7.08. The lowest BCUT2D eigenvalue weighted by Crippen LogP contribution is -2.26. The zero-order valence-electron chi connectivity index (χ0n) is 14.1. The standard InChI is InChI=1S/C20H23NO4/c22-19(23)18(14-16-8-3-1-4-9-16)12-7-13-21-20(24)25-15-17-10-5-2-6-11-17/h1-6,8-11,18H,7,12-15H2,(H,21,24)(H,22,23). The van der Waals surface area contributed by atoms with Crippen LogP contribution in [0, 0.1) is 5.92 Å². The first-order chi connectivity index (χ1) is 12.1. The average molecular weight is 341 g/mol. The number of alkyl carbamates (subject to hydrolysis) is 1. The van der Waals surface area contributed by atoms with E-state index in [0.29, 0.717) is 25.8 Å². The van der Waals surface area contributed by atoms with Gasteiger partial charge in [-0.15, -0.1) is 0 Å². The fourth-order valence-corrected chi connectivity index (χ4v) is 2.52. The first-order valence-electron chi connectivity index (χ1n) is 8.36. The van der Waals surface area contributed by atoms with E-state index in [1.165, 1.54) is 0 Å². The summed E-state index contributed by atoms with van der Waals surface area (Å²) in [6.07, 6.45) is 1.10. The number of amides is 1. The van der Waals surface area contributed by atoms with E-state index in [0.717, 1.165) is 11.1 Å². The molecule has 0 aliphatic heterocycles. The molecule has 2 aromatic carbocycles. The third-order valence-electron chi connectivity index (χ3n) is 3.89. The van der Waals surface area contributed by atoms with Crippen LogP contribution in [0.25, 0.3) is 0 Å². The molecule has 0 aromatic heterocycles. The Labute approximate surface area is 147 Å². The number of carboxylic acids is 1. The first kappa shape index (κ1) is 18.5. The lowest BCUT2D eigenvalue weighted by atomic mass is 9.95. The van der Waals surface area contributed by atoms with Crippen molar-refractivity contribution in [2.75, 3.05) is 6.54 Å². The Morgan fingerprint density at radius 3 is 2.16 bits per heavy atom. The van der Waals surface area contributed by atoms with Gasteiger partial charge in [0.15, 0.2) is 0 Å². The van der Waals surface area contributed by atoms with Gasteiger partial charge in [0.05, 0.1) is 5.92 Å². The molecule has 0 saturated heterocycles. The number of aliphatic carboxylic acids is 1. The highest BCUT2D eigenvalue weighted by atomic mass is 16.5. The molecule has 0 aliphatic carbocycles. The van der Waals surface area contributed by atoms with Gasteiger partial charge in [0.2, 0.25) is 0 Å². The van der Waals surface area contributed by atoms with Gasteiger partial charge in [-0.2, -0.15) is 0 Å². The summed E-state index contributed by atoms with van der Waals surface area (Å²) in [6.45, 7) is 0.616. The maximum atomic E-state index is 11.6. The van der Waals surface area contributed by atoms with Crippen molar-refractivity contribution < 1.29 is 19.4 Å². The van der Waals surface area contributed by atoms with E-state index in [2.05, 4.69) is 5.32 Å². The van der Waals surface area contributed by atoms with Crippen molar-refractivity contribution in [3.05, 3.63) is 71.8 Å². The molecule has 2 N–H and O–H groups in total. The van der Waals surface area contributed by atoms with Crippen LogP contribution in [-0.4, -0.2) is 23.7 Å². The van der Waals surface area contributed by atoms with Crippen LogP contribution in [-0.2, 0) is 22.6 Å². The highest BCUT2D eigenvalue weighted by Gasteiger charge is 2.17. The predicted octanol–water partition coefficient (Wildman–Crippen LogP) is 3.64. The summed E-state index contributed by atoms with van der Waals surface area (Å²) in [6, 6.07) is 19.0. The molecule has 2 rings (SSSR count). The molecule has 0 saturated carbocycles. The van der Waals surface area contributed by atoms with E-state index in [4.69, 9.17) is 4.74 Å². The Balaban J connectivity index is 1.66. The summed E-state index contributed by atoms with van der Waals surface area (Å²) < 4.78 is 5.11. The largest absolute Gasteiger partial charge is 0.481 e. The smallest absolute Gasteiger partial charge is 0.407 e. The van der Waals surface area contributed by atoms with Crippen LogP contribution in [0.15, 0.2) is 60.7 Å². The fraction of sp³-hybridized carbons (Fsp3) is 0.300. The zero-order valence-corrected chi connectivity index (χ0v) is 14.1. The lowest BCUT2D eigenvalue weighted by Gasteiger charge is -2.13. The summed E-state index contributed by atoms with van der Waals surface area (Å²) in [5.41, 5.74) is 1.93. The van der Waals surface area contributed by atoms with Gasteiger partial charge in [0.25, 0.3) is 0 Å². The highest BCUT2D eigenvalue weighted by molar-refractivity contribution is 5.70. The summed E-state index contributed by atoms with van der Waals surface area (Å²) in [7, 11) is 0. The predicted molar refractivity (Wildman–Crippen MR) is 95.1 cm³/mol. The molecule has 132 valence electrons. The van der Waals surface area contributed by atoms with Gasteiger partial charge < -0.3 is 15.2 Å². The minimum absolute atomic E-state index is 0.221. The summed E-state index contributed by atoms with van der Waals surface area (Å²) in [5.74, 6) is -1.26. The molecule has 1 unspecified atom stereocenters. The number of hydrogen-bond donors (Lipinski definition) is 2. The van der Waals surface area contributed by atoms with E-state index in [-0.39, 0.29) is 6.61 Å². The van der Waals surface area contributed by atoms with E-state index >= 15 is 0 Å². The van der Waals surface area contributed by atoms with Crippen LogP contribution < -0.4 is 5.32 Å². The van der Waals surface area contributed by atoms with Gasteiger partial charge in [-0.25, -0.2) is 4.79 Å². The molecular weight excluding hydrogens is 318 g/mol. The Kier molecular flexibility index (Phi) is 7.50. The second-order valence-electron chi connectivity index (χ2n) is 5.86.